The number of carbonyl (C=O) groups is 1. The highest BCUT2D eigenvalue weighted by Gasteiger charge is 2.37. The molecule has 0 spiro atoms. The minimum absolute atomic E-state index is 0.0313. The van der Waals surface area contributed by atoms with Crippen molar-refractivity contribution in [2.75, 3.05) is 26.2 Å². The SMILES string of the molecule is O=C(NC1CCOc2cc(-c3ccc(OC(F)F)cc3)ccc21)O[C@H]1CN2CCC1CC2. The molecule has 2 aromatic carbocycles. The number of halogens is 2. The van der Waals surface area contributed by atoms with Crippen LogP contribution in [-0.2, 0) is 4.74 Å². The van der Waals surface area contributed by atoms with E-state index in [1.54, 1.807) is 12.1 Å². The van der Waals surface area contributed by atoms with Gasteiger partial charge in [0.2, 0.25) is 0 Å². The van der Waals surface area contributed by atoms with E-state index in [4.69, 9.17) is 9.47 Å². The molecule has 6 nitrogen and oxygen atoms in total. The average Bonchev–Trinajstić information content (AvgIpc) is 2.80. The minimum Gasteiger partial charge on any atom is -0.493 e. The van der Waals surface area contributed by atoms with Crippen LogP contribution in [0, 0.1) is 5.92 Å². The Morgan fingerprint density at radius 3 is 2.50 bits per heavy atom. The number of rotatable bonds is 5. The molecule has 0 saturated carbocycles. The van der Waals surface area contributed by atoms with Gasteiger partial charge in [-0.15, -0.1) is 0 Å². The van der Waals surface area contributed by atoms with Crippen LogP contribution in [0.3, 0.4) is 0 Å². The first-order valence-electron chi connectivity index (χ1n) is 11.1. The second kappa shape index (κ2) is 8.94. The maximum Gasteiger partial charge on any atom is 0.407 e. The Labute approximate surface area is 185 Å². The molecule has 2 bridgehead atoms. The monoisotopic (exact) mass is 444 g/mol. The summed E-state index contributed by atoms with van der Waals surface area (Å²) in [4.78, 5) is 15.0. The van der Waals surface area contributed by atoms with Crippen LogP contribution in [0.1, 0.15) is 30.9 Å². The molecule has 1 amide bonds. The van der Waals surface area contributed by atoms with Crippen LogP contribution in [0.4, 0.5) is 13.6 Å². The van der Waals surface area contributed by atoms with E-state index in [1.807, 2.05) is 18.2 Å². The minimum atomic E-state index is -2.85. The Morgan fingerprint density at radius 2 is 1.81 bits per heavy atom. The Morgan fingerprint density at radius 1 is 1.06 bits per heavy atom. The van der Waals surface area contributed by atoms with Crippen molar-refractivity contribution in [2.24, 2.45) is 5.92 Å². The van der Waals surface area contributed by atoms with Crippen LogP contribution in [-0.4, -0.2) is 49.9 Å². The highest BCUT2D eigenvalue weighted by atomic mass is 19.3. The summed E-state index contributed by atoms with van der Waals surface area (Å²) in [6.07, 6.45) is 2.45. The Balaban J connectivity index is 1.25. The zero-order valence-electron chi connectivity index (χ0n) is 17.6. The average molecular weight is 444 g/mol. The number of hydrogen-bond acceptors (Lipinski definition) is 5. The zero-order chi connectivity index (χ0) is 22.1. The number of fused-ring (bicyclic) bond motifs is 4. The molecular formula is C24H26F2N2O4. The van der Waals surface area contributed by atoms with E-state index in [-0.39, 0.29) is 24.0 Å². The van der Waals surface area contributed by atoms with Gasteiger partial charge in [0.15, 0.2) is 0 Å². The highest BCUT2D eigenvalue weighted by molar-refractivity contribution is 5.70. The van der Waals surface area contributed by atoms with E-state index >= 15 is 0 Å². The molecule has 0 aliphatic carbocycles. The summed E-state index contributed by atoms with van der Waals surface area (Å²) in [6.45, 7) is 0.669. The van der Waals surface area contributed by atoms with Gasteiger partial charge in [0, 0.05) is 18.5 Å². The summed E-state index contributed by atoms with van der Waals surface area (Å²) < 4.78 is 40.7. The van der Waals surface area contributed by atoms with Crippen molar-refractivity contribution >= 4 is 6.09 Å². The lowest BCUT2D eigenvalue weighted by Gasteiger charge is -2.44. The first-order valence-corrected chi connectivity index (χ1v) is 11.1. The van der Waals surface area contributed by atoms with Crippen LogP contribution < -0.4 is 14.8 Å². The van der Waals surface area contributed by atoms with Gasteiger partial charge in [-0.2, -0.15) is 8.78 Å². The third-order valence-electron chi connectivity index (χ3n) is 6.61. The summed E-state index contributed by atoms with van der Waals surface area (Å²) in [5.74, 6) is 1.28. The predicted molar refractivity (Wildman–Crippen MR) is 114 cm³/mol. The molecule has 2 atom stereocenters. The molecule has 3 saturated heterocycles. The third-order valence-corrected chi connectivity index (χ3v) is 6.61. The van der Waals surface area contributed by atoms with E-state index in [0.29, 0.717) is 24.7 Å². The van der Waals surface area contributed by atoms with E-state index in [9.17, 15) is 13.6 Å². The van der Waals surface area contributed by atoms with Gasteiger partial charge in [0.25, 0.3) is 0 Å². The van der Waals surface area contributed by atoms with E-state index < -0.39 is 6.61 Å². The Bertz CT molecular complexity index is 961. The van der Waals surface area contributed by atoms with Gasteiger partial charge in [-0.3, -0.25) is 4.90 Å². The van der Waals surface area contributed by atoms with Crippen LogP contribution >= 0.6 is 0 Å². The second-order valence-electron chi connectivity index (χ2n) is 8.57. The van der Waals surface area contributed by atoms with Crippen LogP contribution in [0.2, 0.25) is 0 Å². The van der Waals surface area contributed by atoms with Crippen molar-refractivity contribution in [1.29, 1.82) is 0 Å². The van der Waals surface area contributed by atoms with E-state index in [0.717, 1.165) is 49.2 Å². The summed E-state index contributed by atoms with van der Waals surface area (Å²) in [7, 11) is 0. The van der Waals surface area contributed by atoms with Crippen LogP contribution in [0.25, 0.3) is 11.1 Å². The van der Waals surface area contributed by atoms with Gasteiger partial charge in [-0.25, -0.2) is 4.79 Å². The van der Waals surface area contributed by atoms with Gasteiger partial charge in [0.1, 0.15) is 17.6 Å². The number of nitrogens with zero attached hydrogens (tertiary/aromatic N) is 1. The quantitative estimate of drug-likeness (QED) is 0.731. The van der Waals surface area contributed by atoms with Crippen molar-refractivity contribution in [3.63, 3.8) is 0 Å². The molecule has 4 aliphatic rings. The fourth-order valence-electron chi connectivity index (χ4n) is 4.91. The molecule has 4 aliphatic heterocycles. The number of alkyl carbamates (subject to hydrolysis) is 1. The summed E-state index contributed by atoms with van der Waals surface area (Å²) in [5, 5.41) is 3.02. The number of hydrogen-bond donors (Lipinski definition) is 1. The number of amides is 1. The molecule has 1 N–H and O–H groups in total. The summed E-state index contributed by atoms with van der Waals surface area (Å²) >= 11 is 0. The normalized spacial score (nSPS) is 26.2. The van der Waals surface area contributed by atoms with Gasteiger partial charge < -0.3 is 19.5 Å². The molecule has 1 unspecified atom stereocenters. The number of benzene rings is 2. The van der Waals surface area contributed by atoms with Gasteiger partial charge in [0.05, 0.1) is 12.6 Å². The van der Waals surface area contributed by atoms with Crippen molar-refractivity contribution in [2.45, 2.75) is 38.0 Å². The van der Waals surface area contributed by atoms with Crippen molar-refractivity contribution in [3.8, 4) is 22.6 Å². The topological polar surface area (TPSA) is 60.0 Å². The largest absolute Gasteiger partial charge is 0.493 e. The first kappa shape index (κ1) is 21.0. The van der Waals surface area contributed by atoms with E-state index in [1.165, 1.54) is 12.1 Å². The highest BCUT2D eigenvalue weighted by Crippen LogP contribution is 2.36. The maximum absolute atomic E-state index is 12.6. The molecule has 3 fully saturated rings. The summed E-state index contributed by atoms with van der Waals surface area (Å²) in [6, 6.07) is 12.1. The van der Waals surface area contributed by atoms with Crippen LogP contribution in [0.15, 0.2) is 42.5 Å². The molecule has 0 radical (unpaired) electrons. The fourth-order valence-corrected chi connectivity index (χ4v) is 4.91. The second-order valence-corrected chi connectivity index (χ2v) is 8.57. The lowest BCUT2D eigenvalue weighted by Crippen LogP contribution is -2.52. The number of alkyl halides is 2. The van der Waals surface area contributed by atoms with Gasteiger partial charge in [-0.1, -0.05) is 24.3 Å². The van der Waals surface area contributed by atoms with Gasteiger partial charge in [-0.05, 0) is 61.2 Å². The molecule has 0 aromatic heterocycles. The fraction of sp³-hybridized carbons (Fsp3) is 0.458. The van der Waals surface area contributed by atoms with Gasteiger partial charge >= 0.3 is 12.7 Å². The molecule has 6 rings (SSSR count). The molecule has 170 valence electrons. The number of nitrogens with one attached hydrogen (secondary N) is 1. The lowest BCUT2D eigenvalue weighted by atomic mass is 9.86. The van der Waals surface area contributed by atoms with Crippen molar-refractivity contribution in [3.05, 3.63) is 48.0 Å². The van der Waals surface area contributed by atoms with Crippen molar-refractivity contribution in [1.82, 2.24) is 10.2 Å². The molecular weight excluding hydrogens is 418 g/mol. The van der Waals surface area contributed by atoms with E-state index in [2.05, 4.69) is 15.0 Å². The summed E-state index contributed by atoms with van der Waals surface area (Å²) in [5.41, 5.74) is 2.65. The smallest absolute Gasteiger partial charge is 0.407 e. The lowest BCUT2D eigenvalue weighted by molar-refractivity contribution is -0.0498. The number of ether oxygens (including phenoxy) is 3. The molecule has 4 heterocycles. The molecule has 2 aromatic rings. The van der Waals surface area contributed by atoms with Crippen LogP contribution in [0.5, 0.6) is 11.5 Å². The standard InChI is InChI=1S/C24H26F2N2O4/c25-23(26)31-18-4-1-15(2-5-18)17-3-6-19-20(9-12-30-21(19)13-17)27-24(29)32-22-14-28-10-7-16(22)8-11-28/h1-6,13,16,20,22-23H,7-12,14H2,(H,27,29)/t20?,22-/m0/s1. The molecule has 8 heteroatoms. The third kappa shape index (κ3) is 4.50. The first-order chi connectivity index (χ1) is 15.5. The Kier molecular flexibility index (Phi) is 5.87. The Hall–Kier alpha value is -2.87. The molecule has 32 heavy (non-hydrogen) atoms. The predicted octanol–water partition coefficient (Wildman–Crippen LogP) is 4.60. The maximum atomic E-state index is 12.6. The number of piperidine rings is 3. The zero-order valence-corrected chi connectivity index (χ0v) is 17.6. The number of carbonyl (C=O) groups excluding carboxylic acids is 1. The van der Waals surface area contributed by atoms with Crippen molar-refractivity contribution < 1.29 is 27.8 Å².